The van der Waals surface area contributed by atoms with Crippen molar-refractivity contribution in [3.05, 3.63) is 0 Å². The van der Waals surface area contributed by atoms with Crippen LogP contribution in [0.5, 0.6) is 0 Å². The highest BCUT2D eigenvalue weighted by atomic mass is 15.2. The number of nitrogens with one attached hydrogen (secondary N) is 1. The minimum Gasteiger partial charge on any atom is -0.314 e. The van der Waals surface area contributed by atoms with Crippen LogP contribution in [0.15, 0.2) is 0 Å². The van der Waals surface area contributed by atoms with Crippen LogP contribution in [0.25, 0.3) is 0 Å². The quantitative estimate of drug-likeness (QED) is 0.796. The van der Waals surface area contributed by atoms with E-state index in [1.807, 2.05) is 0 Å². The van der Waals surface area contributed by atoms with Gasteiger partial charge in [-0.1, -0.05) is 13.3 Å². The van der Waals surface area contributed by atoms with Crippen LogP contribution in [-0.2, 0) is 0 Å². The Morgan fingerprint density at radius 1 is 1.16 bits per heavy atom. The van der Waals surface area contributed by atoms with Gasteiger partial charge in [0.05, 0.1) is 0 Å². The number of rotatable bonds is 6. The van der Waals surface area contributed by atoms with Gasteiger partial charge in [-0.2, -0.15) is 0 Å². The molecular weight excluding hydrogens is 234 g/mol. The van der Waals surface area contributed by atoms with Crippen molar-refractivity contribution in [1.29, 1.82) is 0 Å². The number of piperidine rings is 1. The SMILES string of the molecule is CCNC1CCCC1CCN1CCCC(N(C)C)C1. The highest BCUT2D eigenvalue weighted by Crippen LogP contribution is 2.29. The van der Waals surface area contributed by atoms with E-state index in [0.29, 0.717) is 0 Å². The van der Waals surface area contributed by atoms with Crippen molar-refractivity contribution < 1.29 is 0 Å². The van der Waals surface area contributed by atoms with Crippen LogP contribution in [0.3, 0.4) is 0 Å². The van der Waals surface area contributed by atoms with Crippen molar-refractivity contribution in [3.63, 3.8) is 0 Å². The molecule has 2 fully saturated rings. The average molecular weight is 267 g/mol. The zero-order chi connectivity index (χ0) is 13.7. The van der Waals surface area contributed by atoms with Gasteiger partial charge in [0.25, 0.3) is 0 Å². The number of hydrogen-bond donors (Lipinski definition) is 1. The van der Waals surface area contributed by atoms with E-state index in [0.717, 1.165) is 24.5 Å². The summed E-state index contributed by atoms with van der Waals surface area (Å²) in [5.74, 6) is 0.930. The molecule has 19 heavy (non-hydrogen) atoms. The Labute approximate surface area is 119 Å². The summed E-state index contributed by atoms with van der Waals surface area (Å²) in [4.78, 5) is 5.11. The van der Waals surface area contributed by atoms with E-state index in [9.17, 15) is 0 Å². The summed E-state index contributed by atoms with van der Waals surface area (Å²) in [5.41, 5.74) is 0. The van der Waals surface area contributed by atoms with Crippen molar-refractivity contribution >= 4 is 0 Å². The second-order valence-electron chi connectivity index (χ2n) is 6.70. The third-order valence-corrected chi connectivity index (χ3v) is 5.15. The van der Waals surface area contributed by atoms with Crippen LogP contribution in [0, 0.1) is 5.92 Å². The highest BCUT2D eigenvalue weighted by Gasteiger charge is 2.27. The van der Waals surface area contributed by atoms with Crippen molar-refractivity contribution in [1.82, 2.24) is 15.1 Å². The molecule has 0 aromatic carbocycles. The fraction of sp³-hybridized carbons (Fsp3) is 1.00. The molecule has 0 bridgehead atoms. The molecule has 3 nitrogen and oxygen atoms in total. The van der Waals surface area contributed by atoms with Crippen molar-refractivity contribution in [2.24, 2.45) is 5.92 Å². The fourth-order valence-corrected chi connectivity index (χ4v) is 3.92. The molecule has 1 saturated carbocycles. The van der Waals surface area contributed by atoms with Crippen LogP contribution in [0.1, 0.15) is 45.4 Å². The molecule has 1 N–H and O–H groups in total. The zero-order valence-corrected chi connectivity index (χ0v) is 13.2. The Bertz CT molecular complexity index is 254. The molecule has 2 rings (SSSR count). The predicted octanol–water partition coefficient (Wildman–Crippen LogP) is 2.18. The molecular formula is C16H33N3. The van der Waals surface area contributed by atoms with Crippen LogP contribution in [-0.4, -0.2) is 62.2 Å². The molecule has 0 aromatic rings. The van der Waals surface area contributed by atoms with E-state index < -0.39 is 0 Å². The lowest BCUT2D eigenvalue weighted by atomic mass is 9.98. The minimum absolute atomic E-state index is 0.780. The molecule has 1 heterocycles. The summed E-state index contributed by atoms with van der Waals surface area (Å²) in [7, 11) is 4.46. The Morgan fingerprint density at radius 3 is 2.74 bits per heavy atom. The Balaban J connectivity index is 1.72. The second-order valence-corrected chi connectivity index (χ2v) is 6.70. The van der Waals surface area contributed by atoms with Crippen LogP contribution < -0.4 is 5.32 Å². The molecule has 3 heteroatoms. The summed E-state index contributed by atoms with van der Waals surface area (Å²) in [6.07, 6.45) is 8.44. The smallest absolute Gasteiger partial charge is 0.0217 e. The van der Waals surface area contributed by atoms with Gasteiger partial charge in [0.15, 0.2) is 0 Å². The van der Waals surface area contributed by atoms with E-state index in [1.165, 1.54) is 58.2 Å². The maximum Gasteiger partial charge on any atom is 0.0217 e. The third kappa shape index (κ3) is 4.44. The first-order chi connectivity index (χ1) is 9.20. The highest BCUT2D eigenvalue weighted by molar-refractivity contribution is 4.85. The second kappa shape index (κ2) is 7.61. The maximum atomic E-state index is 3.68. The van der Waals surface area contributed by atoms with Gasteiger partial charge < -0.3 is 15.1 Å². The summed E-state index contributed by atoms with van der Waals surface area (Å²) in [6.45, 7) is 7.29. The number of hydrogen-bond acceptors (Lipinski definition) is 3. The normalized spacial score (nSPS) is 33.2. The molecule has 0 spiro atoms. The van der Waals surface area contributed by atoms with E-state index in [1.54, 1.807) is 0 Å². The molecule has 1 aliphatic carbocycles. The molecule has 0 radical (unpaired) electrons. The molecule has 0 aromatic heterocycles. The van der Waals surface area contributed by atoms with Gasteiger partial charge in [0, 0.05) is 18.6 Å². The number of nitrogens with zero attached hydrogens (tertiary/aromatic N) is 2. The number of likely N-dealkylation sites (tertiary alicyclic amines) is 1. The monoisotopic (exact) mass is 267 g/mol. The lowest BCUT2D eigenvalue weighted by Crippen LogP contribution is -2.46. The largest absolute Gasteiger partial charge is 0.314 e. The summed E-state index contributed by atoms with van der Waals surface area (Å²) in [5, 5.41) is 3.68. The van der Waals surface area contributed by atoms with Crippen LogP contribution in [0.4, 0.5) is 0 Å². The van der Waals surface area contributed by atoms with E-state index in [-0.39, 0.29) is 0 Å². The molecule has 2 aliphatic rings. The summed E-state index contributed by atoms with van der Waals surface area (Å²) in [6, 6.07) is 1.58. The van der Waals surface area contributed by atoms with E-state index in [2.05, 4.69) is 36.1 Å². The molecule has 0 amide bonds. The molecule has 1 aliphatic heterocycles. The fourth-order valence-electron chi connectivity index (χ4n) is 3.92. The maximum absolute atomic E-state index is 3.68. The lowest BCUT2D eigenvalue weighted by Gasteiger charge is -2.36. The number of likely N-dealkylation sites (N-methyl/N-ethyl adjacent to an activating group) is 1. The Kier molecular flexibility index (Phi) is 6.11. The lowest BCUT2D eigenvalue weighted by molar-refractivity contribution is 0.126. The molecule has 1 saturated heterocycles. The van der Waals surface area contributed by atoms with Gasteiger partial charge in [-0.3, -0.25) is 0 Å². The standard InChI is InChI=1S/C16H33N3/c1-4-17-16-9-5-7-14(16)10-12-19-11-6-8-15(13-19)18(2)3/h14-17H,4-13H2,1-3H3. The van der Waals surface area contributed by atoms with Crippen molar-refractivity contribution in [2.45, 2.75) is 57.5 Å². The summed E-state index contributed by atoms with van der Waals surface area (Å²) >= 11 is 0. The first-order valence-electron chi connectivity index (χ1n) is 8.33. The van der Waals surface area contributed by atoms with Crippen LogP contribution in [0.2, 0.25) is 0 Å². The van der Waals surface area contributed by atoms with Gasteiger partial charge in [-0.15, -0.1) is 0 Å². The van der Waals surface area contributed by atoms with E-state index in [4.69, 9.17) is 0 Å². The van der Waals surface area contributed by atoms with Gasteiger partial charge in [-0.05, 0) is 71.8 Å². The van der Waals surface area contributed by atoms with Gasteiger partial charge in [0.1, 0.15) is 0 Å². The first kappa shape index (κ1) is 15.3. The van der Waals surface area contributed by atoms with Gasteiger partial charge in [-0.25, -0.2) is 0 Å². The summed E-state index contributed by atoms with van der Waals surface area (Å²) < 4.78 is 0. The zero-order valence-electron chi connectivity index (χ0n) is 13.2. The Morgan fingerprint density at radius 2 is 2.00 bits per heavy atom. The van der Waals surface area contributed by atoms with Gasteiger partial charge in [0.2, 0.25) is 0 Å². The average Bonchev–Trinajstić information content (AvgIpc) is 2.85. The third-order valence-electron chi connectivity index (χ3n) is 5.15. The Hall–Kier alpha value is -0.120. The molecule has 3 unspecified atom stereocenters. The predicted molar refractivity (Wildman–Crippen MR) is 82.6 cm³/mol. The van der Waals surface area contributed by atoms with Crippen molar-refractivity contribution in [2.75, 3.05) is 40.3 Å². The van der Waals surface area contributed by atoms with E-state index >= 15 is 0 Å². The minimum atomic E-state index is 0.780. The van der Waals surface area contributed by atoms with Crippen molar-refractivity contribution in [3.8, 4) is 0 Å². The van der Waals surface area contributed by atoms with Crippen LogP contribution >= 0.6 is 0 Å². The topological polar surface area (TPSA) is 18.5 Å². The van der Waals surface area contributed by atoms with Gasteiger partial charge >= 0.3 is 0 Å². The molecule has 112 valence electrons. The molecule has 3 atom stereocenters. The first-order valence-corrected chi connectivity index (χ1v) is 8.33.